The van der Waals surface area contributed by atoms with Gasteiger partial charge < -0.3 is 25.4 Å². The van der Waals surface area contributed by atoms with Crippen molar-refractivity contribution in [2.45, 2.75) is 73.1 Å². The Bertz CT molecular complexity index is 2020. The lowest BCUT2D eigenvalue weighted by molar-refractivity contribution is -0.137. The van der Waals surface area contributed by atoms with E-state index >= 15 is 0 Å². The van der Waals surface area contributed by atoms with Crippen LogP contribution in [0.1, 0.15) is 77.5 Å². The van der Waals surface area contributed by atoms with Gasteiger partial charge in [0, 0.05) is 30.2 Å². The number of aliphatic carboxylic acids is 3. The highest BCUT2D eigenvalue weighted by Crippen LogP contribution is 2.36. The number of nitrogens with zero attached hydrogens (tertiary/aromatic N) is 3. The quantitative estimate of drug-likeness (QED) is 0.261. The van der Waals surface area contributed by atoms with Crippen LogP contribution in [0.15, 0.2) is 77.7 Å². The molecule has 11 nitrogen and oxygen atoms in total. The summed E-state index contributed by atoms with van der Waals surface area (Å²) < 4.78 is 0. The maximum absolute atomic E-state index is 11.6. The number of hydrogen-bond donors (Lipinski definition) is 5. The fourth-order valence-electron chi connectivity index (χ4n) is 6.19. The van der Waals surface area contributed by atoms with Crippen LogP contribution in [-0.4, -0.2) is 60.5 Å². The molecule has 1 aromatic heterocycles. The normalized spacial score (nSPS) is 18.1. The third kappa shape index (κ3) is 6.26. The average Bonchev–Trinajstić information content (AvgIpc) is 3.63. The van der Waals surface area contributed by atoms with Gasteiger partial charge in [-0.05, 0) is 117 Å². The molecule has 4 aliphatic rings. The Morgan fingerprint density at radius 3 is 1.57 bits per heavy atom. The molecule has 0 fully saturated rings. The van der Waals surface area contributed by atoms with Crippen LogP contribution in [-0.2, 0) is 14.4 Å². The highest BCUT2D eigenvalue weighted by molar-refractivity contribution is 6.24. The largest absolute Gasteiger partial charge is 0.512 e. The third-order valence-electron chi connectivity index (χ3n) is 8.72. The zero-order valence-electron chi connectivity index (χ0n) is 26.4. The maximum Gasteiger partial charge on any atom is 0.303 e. The zero-order valence-corrected chi connectivity index (χ0v) is 26.4. The first kappa shape index (κ1) is 32.1. The lowest BCUT2D eigenvalue weighted by Crippen LogP contribution is -2.27. The second kappa shape index (κ2) is 12.6. The number of aliphatic imine (C=N–C) groups is 3. The van der Waals surface area contributed by atoms with Gasteiger partial charge in [0.25, 0.3) is 0 Å². The van der Waals surface area contributed by atoms with Crippen LogP contribution in [0, 0.1) is 6.92 Å². The molecule has 0 atom stereocenters. The molecule has 238 valence electrons. The van der Waals surface area contributed by atoms with Crippen molar-refractivity contribution in [1.29, 1.82) is 0 Å². The number of aliphatic hydroxyl groups excluding tert-OH is 1. The van der Waals surface area contributed by atoms with E-state index in [2.05, 4.69) is 4.98 Å². The van der Waals surface area contributed by atoms with Gasteiger partial charge in [-0.1, -0.05) is 0 Å². The summed E-state index contributed by atoms with van der Waals surface area (Å²) in [6, 6.07) is 0. The first-order chi connectivity index (χ1) is 21.7. The van der Waals surface area contributed by atoms with Gasteiger partial charge in [-0.15, -0.1) is 0 Å². The molecule has 8 bridgehead atoms. The van der Waals surface area contributed by atoms with Gasteiger partial charge in [0.1, 0.15) is 0 Å². The molecule has 1 aromatic rings. The molecule has 0 unspecified atom stereocenters. The van der Waals surface area contributed by atoms with Gasteiger partial charge in [0.2, 0.25) is 0 Å². The highest BCUT2D eigenvalue weighted by atomic mass is 16.4. The van der Waals surface area contributed by atoms with Crippen LogP contribution in [0.25, 0.3) is 17.9 Å². The Kier molecular flexibility index (Phi) is 8.78. The summed E-state index contributed by atoms with van der Waals surface area (Å²) in [7, 11) is 0. The fraction of sp³-hybridized carbons (Fsp3) is 0.314. The number of aromatic nitrogens is 1. The number of carboxylic acid groups (broad SMARTS) is 3. The molecular weight excluding hydrogens is 588 g/mol. The monoisotopic (exact) mass is 624 g/mol. The molecule has 0 saturated carbocycles. The van der Waals surface area contributed by atoms with Crippen molar-refractivity contribution in [3.05, 3.63) is 84.5 Å². The van der Waals surface area contributed by atoms with Gasteiger partial charge >= 0.3 is 17.9 Å². The minimum absolute atomic E-state index is 0.0954. The zero-order chi connectivity index (χ0) is 33.4. The van der Waals surface area contributed by atoms with Crippen molar-refractivity contribution < 1.29 is 34.8 Å². The molecule has 0 aliphatic carbocycles. The standard InChI is InChI=1S/C35H36N4O7/c1-16-22(7-10-33(43)44)29-15-30-23(8-11-34(45)46)17(2)25(37-30)13-28-21(6-9-32(41)42)18(3)26(38-28)14-31-35(20(5)40)19(4)27(39-31)12-24(16)36-29/h12-15,39-40H,6-11H2,1-5H3,(H,41,42)(H,43,44)(H,45,46)/b24-12?,28-13?,30-15?,31-14?,35-20+. The van der Waals surface area contributed by atoms with Crippen LogP contribution in [0.2, 0.25) is 0 Å². The predicted molar refractivity (Wildman–Crippen MR) is 176 cm³/mol. The number of nitrogens with one attached hydrogen (secondary N) is 1. The summed E-state index contributed by atoms with van der Waals surface area (Å²) in [5.41, 5.74) is 9.55. The van der Waals surface area contributed by atoms with Crippen molar-refractivity contribution >= 4 is 53.0 Å². The summed E-state index contributed by atoms with van der Waals surface area (Å²) in [5.74, 6) is -2.71. The van der Waals surface area contributed by atoms with E-state index in [1.54, 1.807) is 19.1 Å². The van der Waals surface area contributed by atoms with Crippen LogP contribution in [0.5, 0.6) is 0 Å². The molecule has 0 aromatic carbocycles. The van der Waals surface area contributed by atoms with Crippen molar-refractivity contribution in [2.75, 3.05) is 0 Å². The Morgan fingerprint density at radius 1 is 0.609 bits per heavy atom. The Labute approximate surface area is 265 Å². The number of hydrogen-bond acceptors (Lipinski definition) is 7. The Hall–Kier alpha value is -5.32. The molecule has 5 N–H and O–H groups in total. The first-order valence-electron chi connectivity index (χ1n) is 15.0. The summed E-state index contributed by atoms with van der Waals surface area (Å²) in [6.45, 7) is 9.14. The number of carboxylic acids is 3. The van der Waals surface area contributed by atoms with E-state index in [0.29, 0.717) is 50.5 Å². The molecule has 4 aliphatic heterocycles. The van der Waals surface area contributed by atoms with Gasteiger partial charge in [-0.25, -0.2) is 15.0 Å². The minimum atomic E-state index is -0.948. The maximum atomic E-state index is 11.6. The lowest BCUT2D eigenvalue weighted by Gasteiger charge is -2.07. The number of H-pyrrole nitrogens is 1. The number of aliphatic hydroxyl groups is 1. The average molecular weight is 625 g/mol. The van der Waals surface area contributed by atoms with E-state index in [0.717, 1.165) is 39.0 Å². The van der Waals surface area contributed by atoms with Gasteiger partial charge in [-0.3, -0.25) is 14.4 Å². The fourth-order valence-corrected chi connectivity index (χ4v) is 6.19. The minimum Gasteiger partial charge on any atom is -0.512 e. The van der Waals surface area contributed by atoms with E-state index in [1.807, 2.05) is 39.8 Å². The van der Waals surface area contributed by atoms with E-state index in [4.69, 9.17) is 15.0 Å². The molecule has 0 radical (unpaired) electrons. The second-order valence-electron chi connectivity index (χ2n) is 11.8. The predicted octanol–water partition coefficient (Wildman–Crippen LogP) is 4.82. The Morgan fingerprint density at radius 2 is 1.07 bits per heavy atom. The molecule has 0 amide bonds. The second-order valence-corrected chi connectivity index (χ2v) is 11.8. The van der Waals surface area contributed by atoms with Crippen LogP contribution >= 0.6 is 0 Å². The van der Waals surface area contributed by atoms with Gasteiger partial charge in [-0.2, -0.15) is 0 Å². The van der Waals surface area contributed by atoms with Crippen molar-refractivity contribution in [3.8, 4) is 0 Å². The number of aromatic amines is 1. The summed E-state index contributed by atoms with van der Waals surface area (Å²) in [4.78, 5) is 52.8. The van der Waals surface area contributed by atoms with Gasteiger partial charge in [0.15, 0.2) is 0 Å². The third-order valence-corrected chi connectivity index (χ3v) is 8.72. The number of allylic oxidation sites excluding steroid dienone is 8. The summed E-state index contributed by atoms with van der Waals surface area (Å²) >= 11 is 0. The smallest absolute Gasteiger partial charge is 0.303 e. The van der Waals surface area contributed by atoms with Crippen LogP contribution in [0.3, 0.4) is 0 Å². The molecule has 0 saturated heterocycles. The molecule has 46 heavy (non-hydrogen) atoms. The topological polar surface area (TPSA) is 185 Å². The summed E-state index contributed by atoms with van der Waals surface area (Å²) in [5, 5.41) is 40.4. The number of fused-ring (bicyclic) bond motifs is 5. The first-order valence-corrected chi connectivity index (χ1v) is 15.0. The van der Waals surface area contributed by atoms with Gasteiger partial charge in [0.05, 0.1) is 45.3 Å². The molecule has 11 heteroatoms. The summed E-state index contributed by atoms with van der Waals surface area (Å²) in [6.07, 6.45) is 7.68. The Balaban J connectivity index is 1.83. The van der Waals surface area contributed by atoms with E-state index in [1.165, 1.54) is 0 Å². The van der Waals surface area contributed by atoms with Crippen molar-refractivity contribution in [3.63, 3.8) is 0 Å². The lowest BCUT2D eigenvalue weighted by atomic mass is 9.96. The van der Waals surface area contributed by atoms with E-state index < -0.39 is 17.9 Å². The van der Waals surface area contributed by atoms with E-state index in [-0.39, 0.29) is 44.3 Å². The molecular formula is C35H36N4O7. The van der Waals surface area contributed by atoms with Crippen LogP contribution in [0.4, 0.5) is 0 Å². The van der Waals surface area contributed by atoms with E-state index in [9.17, 15) is 34.8 Å². The molecule has 0 spiro atoms. The number of carbonyl (C=O) groups is 3. The SMILES string of the molecule is CC1=C(CCC(=O)O)C2=CC3=NC(=Cc4[nH]c(/c(=C(\C)O)c4C)=CC4=NC(=CC1=N2)C(CCC(=O)O)=C4C)C(C)=C3CCC(=O)O. The highest BCUT2D eigenvalue weighted by Gasteiger charge is 2.27. The number of rotatable bonds is 9. The molecule has 5 rings (SSSR count). The van der Waals surface area contributed by atoms with Crippen molar-refractivity contribution in [1.82, 2.24) is 4.98 Å². The van der Waals surface area contributed by atoms with Crippen LogP contribution < -0.4 is 10.6 Å². The van der Waals surface area contributed by atoms with Crippen molar-refractivity contribution in [2.24, 2.45) is 15.0 Å². The molecule has 5 heterocycles.